The third-order valence-electron chi connectivity index (χ3n) is 1.67. The SMILES string of the molecule is CC(C)[C@H](N)c1nc(C(N)=O)no1. The van der Waals surface area contributed by atoms with E-state index in [1.165, 1.54) is 0 Å². The highest BCUT2D eigenvalue weighted by molar-refractivity contribution is 5.88. The summed E-state index contributed by atoms with van der Waals surface area (Å²) in [5, 5.41) is 3.38. The summed E-state index contributed by atoms with van der Waals surface area (Å²) in [5.74, 6) is -0.443. The van der Waals surface area contributed by atoms with Crippen LogP contribution in [0.3, 0.4) is 0 Å². The van der Waals surface area contributed by atoms with Crippen LogP contribution in [-0.4, -0.2) is 16.0 Å². The molecule has 1 amide bonds. The molecule has 6 nitrogen and oxygen atoms in total. The van der Waals surface area contributed by atoms with Gasteiger partial charge in [0.05, 0.1) is 6.04 Å². The summed E-state index contributed by atoms with van der Waals surface area (Å²) in [4.78, 5) is 14.4. The van der Waals surface area contributed by atoms with Crippen molar-refractivity contribution in [3.63, 3.8) is 0 Å². The number of carbonyl (C=O) groups is 1. The largest absolute Gasteiger partial charge is 0.363 e. The van der Waals surface area contributed by atoms with E-state index in [-0.39, 0.29) is 23.7 Å². The van der Waals surface area contributed by atoms with E-state index in [9.17, 15) is 4.79 Å². The fourth-order valence-corrected chi connectivity index (χ4v) is 0.756. The van der Waals surface area contributed by atoms with Crippen molar-refractivity contribution >= 4 is 5.91 Å². The van der Waals surface area contributed by atoms with Crippen LogP contribution in [0, 0.1) is 5.92 Å². The van der Waals surface area contributed by atoms with Crippen LogP contribution >= 0.6 is 0 Å². The van der Waals surface area contributed by atoms with Crippen LogP contribution in [0.25, 0.3) is 0 Å². The van der Waals surface area contributed by atoms with Crippen molar-refractivity contribution in [1.82, 2.24) is 10.1 Å². The van der Waals surface area contributed by atoms with Crippen LogP contribution in [-0.2, 0) is 0 Å². The predicted octanol–water partition coefficient (Wildman–Crippen LogP) is -0.176. The molecule has 0 aliphatic heterocycles. The van der Waals surface area contributed by atoms with E-state index in [2.05, 4.69) is 10.1 Å². The van der Waals surface area contributed by atoms with Gasteiger partial charge in [0.15, 0.2) is 0 Å². The molecule has 0 saturated carbocycles. The Morgan fingerprint density at radius 1 is 1.54 bits per heavy atom. The highest BCUT2D eigenvalue weighted by Gasteiger charge is 2.19. The number of primary amides is 1. The number of hydrogen-bond donors (Lipinski definition) is 2. The summed E-state index contributed by atoms with van der Waals surface area (Å²) in [6, 6.07) is -0.361. The van der Waals surface area contributed by atoms with E-state index >= 15 is 0 Å². The third-order valence-corrected chi connectivity index (χ3v) is 1.67. The molecule has 1 rings (SSSR count). The second kappa shape index (κ2) is 3.53. The fourth-order valence-electron chi connectivity index (χ4n) is 0.756. The lowest BCUT2D eigenvalue weighted by Gasteiger charge is -2.08. The predicted molar refractivity (Wildman–Crippen MR) is 44.6 cm³/mol. The van der Waals surface area contributed by atoms with E-state index in [4.69, 9.17) is 16.0 Å². The number of hydrogen-bond acceptors (Lipinski definition) is 5. The van der Waals surface area contributed by atoms with Crippen LogP contribution in [0.2, 0.25) is 0 Å². The maximum atomic E-state index is 10.6. The summed E-state index contributed by atoms with van der Waals surface area (Å²) in [6.45, 7) is 3.83. The average molecular weight is 184 g/mol. The van der Waals surface area contributed by atoms with Crippen molar-refractivity contribution in [3.8, 4) is 0 Å². The van der Waals surface area contributed by atoms with Crippen LogP contribution in [0.1, 0.15) is 36.4 Å². The van der Waals surface area contributed by atoms with Crippen LogP contribution in [0.15, 0.2) is 4.52 Å². The quantitative estimate of drug-likeness (QED) is 0.677. The lowest BCUT2D eigenvalue weighted by atomic mass is 10.1. The lowest BCUT2D eigenvalue weighted by molar-refractivity contribution is 0.0987. The molecule has 4 N–H and O–H groups in total. The number of nitrogens with two attached hydrogens (primary N) is 2. The van der Waals surface area contributed by atoms with Crippen molar-refractivity contribution in [2.24, 2.45) is 17.4 Å². The van der Waals surface area contributed by atoms with Crippen LogP contribution < -0.4 is 11.5 Å². The molecule has 0 bridgehead atoms. The van der Waals surface area contributed by atoms with Crippen molar-refractivity contribution in [2.45, 2.75) is 19.9 Å². The molecule has 0 aliphatic rings. The molecule has 0 aliphatic carbocycles. The molecule has 1 heterocycles. The first kappa shape index (κ1) is 9.66. The summed E-state index contributed by atoms with van der Waals surface area (Å²) < 4.78 is 4.76. The van der Waals surface area contributed by atoms with Gasteiger partial charge in [0.2, 0.25) is 5.89 Å². The first-order valence-electron chi connectivity index (χ1n) is 3.91. The van der Waals surface area contributed by atoms with Crippen LogP contribution in [0.5, 0.6) is 0 Å². The Hall–Kier alpha value is -1.43. The first-order chi connectivity index (χ1) is 6.02. The maximum Gasteiger partial charge on any atom is 0.290 e. The molecule has 13 heavy (non-hydrogen) atoms. The number of carbonyl (C=O) groups excluding carboxylic acids is 1. The molecule has 0 aromatic carbocycles. The second-order valence-electron chi connectivity index (χ2n) is 3.09. The van der Waals surface area contributed by atoms with Gasteiger partial charge in [-0.1, -0.05) is 19.0 Å². The van der Waals surface area contributed by atoms with E-state index in [1.54, 1.807) is 0 Å². The summed E-state index contributed by atoms with van der Waals surface area (Å²) in [7, 11) is 0. The van der Waals surface area contributed by atoms with Crippen molar-refractivity contribution in [3.05, 3.63) is 11.7 Å². The molecular formula is C7H12N4O2. The van der Waals surface area contributed by atoms with Gasteiger partial charge >= 0.3 is 0 Å². The number of nitrogens with zero attached hydrogens (tertiary/aromatic N) is 2. The van der Waals surface area contributed by atoms with Gasteiger partial charge in [-0.25, -0.2) is 0 Å². The van der Waals surface area contributed by atoms with Crippen molar-refractivity contribution in [1.29, 1.82) is 0 Å². The Bertz CT molecular complexity index is 307. The molecule has 1 atom stereocenters. The Morgan fingerprint density at radius 2 is 2.15 bits per heavy atom. The molecule has 0 fully saturated rings. The van der Waals surface area contributed by atoms with Crippen LogP contribution in [0.4, 0.5) is 0 Å². The zero-order valence-corrected chi connectivity index (χ0v) is 7.52. The normalized spacial score (nSPS) is 13.2. The summed E-state index contributed by atoms with van der Waals surface area (Å²) >= 11 is 0. The van der Waals surface area contributed by atoms with Gasteiger partial charge < -0.3 is 16.0 Å². The summed E-state index contributed by atoms with van der Waals surface area (Å²) in [5.41, 5.74) is 10.6. The van der Waals surface area contributed by atoms with E-state index in [0.29, 0.717) is 0 Å². The van der Waals surface area contributed by atoms with E-state index in [1.807, 2.05) is 13.8 Å². The standard InChI is InChI=1S/C7H12N4O2/c1-3(2)4(8)7-10-6(5(9)12)11-13-7/h3-4H,8H2,1-2H3,(H2,9,12)/t4-/m0/s1. The Kier molecular flexibility index (Phi) is 2.62. The Morgan fingerprint density at radius 3 is 2.54 bits per heavy atom. The number of rotatable bonds is 3. The third kappa shape index (κ3) is 2.03. The molecular weight excluding hydrogens is 172 g/mol. The minimum Gasteiger partial charge on any atom is -0.363 e. The molecule has 0 spiro atoms. The van der Waals surface area contributed by atoms with Gasteiger partial charge in [0.25, 0.3) is 11.7 Å². The molecule has 6 heteroatoms. The highest BCUT2D eigenvalue weighted by atomic mass is 16.5. The molecule has 1 aromatic heterocycles. The summed E-state index contributed by atoms with van der Waals surface area (Å²) in [6.07, 6.45) is 0. The monoisotopic (exact) mass is 184 g/mol. The highest BCUT2D eigenvalue weighted by Crippen LogP contribution is 2.16. The van der Waals surface area contributed by atoms with E-state index in [0.717, 1.165) is 0 Å². The van der Waals surface area contributed by atoms with Gasteiger partial charge in [-0.05, 0) is 5.92 Å². The number of aromatic nitrogens is 2. The second-order valence-corrected chi connectivity index (χ2v) is 3.09. The van der Waals surface area contributed by atoms with Gasteiger partial charge in [-0.2, -0.15) is 4.98 Å². The zero-order chi connectivity index (χ0) is 10.0. The molecule has 0 unspecified atom stereocenters. The molecule has 0 saturated heterocycles. The zero-order valence-electron chi connectivity index (χ0n) is 7.52. The van der Waals surface area contributed by atoms with Gasteiger partial charge in [-0.3, -0.25) is 4.79 Å². The Labute approximate surface area is 75.3 Å². The van der Waals surface area contributed by atoms with Crippen molar-refractivity contribution in [2.75, 3.05) is 0 Å². The van der Waals surface area contributed by atoms with Gasteiger partial charge in [0, 0.05) is 0 Å². The molecule has 1 aromatic rings. The minimum atomic E-state index is -0.717. The van der Waals surface area contributed by atoms with Gasteiger partial charge in [-0.15, -0.1) is 0 Å². The topological polar surface area (TPSA) is 108 Å². The fraction of sp³-hybridized carbons (Fsp3) is 0.571. The maximum absolute atomic E-state index is 10.6. The average Bonchev–Trinajstić information content (AvgIpc) is 2.50. The molecule has 72 valence electrons. The van der Waals surface area contributed by atoms with E-state index < -0.39 is 5.91 Å². The minimum absolute atomic E-state index is 0.133. The smallest absolute Gasteiger partial charge is 0.290 e. The first-order valence-corrected chi connectivity index (χ1v) is 3.91. The number of amides is 1. The lowest BCUT2D eigenvalue weighted by Crippen LogP contribution is -2.18. The van der Waals surface area contributed by atoms with Crippen molar-refractivity contribution < 1.29 is 9.32 Å². The van der Waals surface area contributed by atoms with Gasteiger partial charge in [0.1, 0.15) is 0 Å². The molecule has 0 radical (unpaired) electrons. The Balaban J connectivity index is 2.85.